The van der Waals surface area contributed by atoms with E-state index in [9.17, 15) is 4.79 Å². The van der Waals surface area contributed by atoms with Crippen LogP contribution in [0.1, 0.15) is 35.2 Å². The minimum Gasteiger partial charge on any atom is -0.299 e. The summed E-state index contributed by atoms with van der Waals surface area (Å²) in [6, 6.07) is 16.5. The molecule has 2 nitrogen and oxygen atoms in total. The molecule has 0 spiro atoms. The van der Waals surface area contributed by atoms with Crippen LogP contribution in [0.4, 0.5) is 0 Å². The van der Waals surface area contributed by atoms with Crippen molar-refractivity contribution in [2.45, 2.75) is 25.8 Å². The molecule has 1 fully saturated rings. The molecule has 2 aromatic rings. The smallest absolute Gasteiger partial charge is 0.150 e. The van der Waals surface area contributed by atoms with E-state index in [-0.39, 0.29) is 0 Å². The summed E-state index contributed by atoms with van der Waals surface area (Å²) < 4.78 is 0. The third-order valence-corrected chi connectivity index (χ3v) is 4.22. The van der Waals surface area contributed by atoms with Gasteiger partial charge in [-0.1, -0.05) is 48.9 Å². The third kappa shape index (κ3) is 3.40. The Morgan fingerprint density at radius 1 is 0.905 bits per heavy atom. The summed E-state index contributed by atoms with van der Waals surface area (Å²) in [6.07, 6.45) is 4.86. The standard InChI is InChI=1S/C19H21NO/c21-15-18-10-9-17(16-7-3-1-4-8-16)13-19(18)14-20-11-5-2-6-12-20/h1,3-4,7-10,13,15H,2,5-6,11-12,14H2. The van der Waals surface area contributed by atoms with E-state index in [1.165, 1.54) is 30.4 Å². The van der Waals surface area contributed by atoms with Crippen LogP contribution in [0.25, 0.3) is 11.1 Å². The zero-order valence-corrected chi connectivity index (χ0v) is 12.3. The van der Waals surface area contributed by atoms with Gasteiger partial charge in [0.1, 0.15) is 6.29 Å². The van der Waals surface area contributed by atoms with Crippen molar-refractivity contribution in [2.75, 3.05) is 13.1 Å². The Morgan fingerprint density at radius 2 is 1.67 bits per heavy atom. The molecular formula is C19H21NO. The van der Waals surface area contributed by atoms with E-state index in [1.54, 1.807) is 0 Å². The van der Waals surface area contributed by atoms with Crippen LogP contribution in [-0.4, -0.2) is 24.3 Å². The fraction of sp³-hybridized carbons (Fsp3) is 0.316. The maximum Gasteiger partial charge on any atom is 0.150 e. The predicted molar refractivity (Wildman–Crippen MR) is 86.4 cm³/mol. The van der Waals surface area contributed by atoms with Crippen molar-refractivity contribution >= 4 is 6.29 Å². The summed E-state index contributed by atoms with van der Waals surface area (Å²) >= 11 is 0. The molecule has 0 unspecified atom stereocenters. The maximum absolute atomic E-state index is 11.3. The highest BCUT2D eigenvalue weighted by Gasteiger charge is 2.13. The molecule has 21 heavy (non-hydrogen) atoms. The molecule has 108 valence electrons. The third-order valence-electron chi connectivity index (χ3n) is 4.22. The van der Waals surface area contributed by atoms with Gasteiger partial charge in [0, 0.05) is 12.1 Å². The van der Waals surface area contributed by atoms with Crippen molar-refractivity contribution in [3.8, 4) is 11.1 Å². The number of likely N-dealkylation sites (tertiary alicyclic amines) is 1. The van der Waals surface area contributed by atoms with Crippen LogP contribution in [0, 0.1) is 0 Å². The van der Waals surface area contributed by atoms with Crippen LogP contribution < -0.4 is 0 Å². The monoisotopic (exact) mass is 279 g/mol. The van der Waals surface area contributed by atoms with E-state index < -0.39 is 0 Å². The van der Waals surface area contributed by atoms with Crippen molar-refractivity contribution in [1.29, 1.82) is 0 Å². The van der Waals surface area contributed by atoms with Gasteiger partial charge in [0.05, 0.1) is 0 Å². The molecule has 0 saturated carbocycles. The SMILES string of the molecule is O=Cc1ccc(-c2ccccc2)cc1CN1CCCCC1. The van der Waals surface area contributed by atoms with Gasteiger partial charge in [-0.15, -0.1) is 0 Å². The largest absolute Gasteiger partial charge is 0.299 e. The Bertz CT molecular complexity index is 600. The van der Waals surface area contributed by atoms with Gasteiger partial charge in [0.15, 0.2) is 0 Å². The first-order valence-electron chi connectivity index (χ1n) is 7.73. The minimum atomic E-state index is 0.820. The molecule has 1 saturated heterocycles. The topological polar surface area (TPSA) is 20.3 Å². The zero-order chi connectivity index (χ0) is 14.5. The number of hydrogen-bond acceptors (Lipinski definition) is 2. The van der Waals surface area contributed by atoms with Crippen molar-refractivity contribution in [3.63, 3.8) is 0 Å². The molecule has 1 aliphatic heterocycles. The Balaban J connectivity index is 1.88. The first-order chi connectivity index (χ1) is 10.4. The molecule has 1 heterocycles. The molecule has 0 N–H and O–H groups in total. The lowest BCUT2D eigenvalue weighted by Gasteiger charge is -2.27. The lowest BCUT2D eigenvalue weighted by atomic mass is 9.98. The summed E-state index contributed by atoms with van der Waals surface area (Å²) in [5.41, 5.74) is 4.36. The average molecular weight is 279 g/mol. The number of hydrogen-bond donors (Lipinski definition) is 0. The van der Waals surface area contributed by atoms with Crippen molar-refractivity contribution in [2.24, 2.45) is 0 Å². The highest BCUT2D eigenvalue weighted by molar-refractivity contribution is 5.79. The van der Waals surface area contributed by atoms with Crippen molar-refractivity contribution < 1.29 is 4.79 Å². The van der Waals surface area contributed by atoms with Gasteiger partial charge in [-0.2, -0.15) is 0 Å². The van der Waals surface area contributed by atoms with Crippen LogP contribution in [0.5, 0.6) is 0 Å². The van der Waals surface area contributed by atoms with Gasteiger partial charge in [0.2, 0.25) is 0 Å². The molecule has 0 bridgehead atoms. The second-order valence-electron chi connectivity index (χ2n) is 5.73. The Labute approximate surface area is 126 Å². The number of carbonyl (C=O) groups is 1. The predicted octanol–water partition coefficient (Wildman–Crippen LogP) is 4.15. The molecule has 0 atom stereocenters. The van der Waals surface area contributed by atoms with Gasteiger partial charge in [-0.05, 0) is 48.7 Å². The normalized spacial score (nSPS) is 15.8. The van der Waals surface area contributed by atoms with Gasteiger partial charge in [-0.3, -0.25) is 9.69 Å². The highest BCUT2D eigenvalue weighted by atomic mass is 16.1. The summed E-state index contributed by atoms with van der Waals surface area (Å²) in [5, 5.41) is 0. The fourth-order valence-electron chi connectivity index (χ4n) is 3.03. The van der Waals surface area contributed by atoms with E-state index in [0.29, 0.717) is 0 Å². The van der Waals surface area contributed by atoms with E-state index >= 15 is 0 Å². The van der Waals surface area contributed by atoms with Gasteiger partial charge in [-0.25, -0.2) is 0 Å². The summed E-state index contributed by atoms with van der Waals surface area (Å²) in [6.45, 7) is 3.18. The first-order valence-corrected chi connectivity index (χ1v) is 7.73. The number of rotatable bonds is 4. The molecule has 0 aliphatic carbocycles. The second kappa shape index (κ2) is 6.68. The average Bonchev–Trinajstić information content (AvgIpc) is 2.56. The van der Waals surface area contributed by atoms with Gasteiger partial charge in [0.25, 0.3) is 0 Å². The van der Waals surface area contributed by atoms with Crippen molar-refractivity contribution in [1.82, 2.24) is 4.90 Å². The van der Waals surface area contributed by atoms with E-state index in [1.807, 2.05) is 30.3 Å². The van der Waals surface area contributed by atoms with E-state index in [2.05, 4.69) is 23.1 Å². The van der Waals surface area contributed by atoms with E-state index in [4.69, 9.17) is 0 Å². The highest BCUT2D eigenvalue weighted by Crippen LogP contribution is 2.23. The van der Waals surface area contributed by atoms with Crippen LogP contribution >= 0.6 is 0 Å². The van der Waals surface area contributed by atoms with Gasteiger partial charge >= 0.3 is 0 Å². The zero-order valence-electron chi connectivity index (χ0n) is 12.3. The van der Waals surface area contributed by atoms with Crippen molar-refractivity contribution in [3.05, 3.63) is 59.7 Å². The molecule has 2 aromatic carbocycles. The van der Waals surface area contributed by atoms with Gasteiger partial charge < -0.3 is 0 Å². The number of piperidine rings is 1. The summed E-state index contributed by atoms with van der Waals surface area (Å²) in [5.74, 6) is 0. The van der Waals surface area contributed by atoms with Crippen LogP contribution in [0.3, 0.4) is 0 Å². The number of carbonyl (C=O) groups excluding carboxylic acids is 1. The number of aldehydes is 1. The van der Waals surface area contributed by atoms with Crippen LogP contribution in [-0.2, 0) is 6.54 Å². The maximum atomic E-state index is 11.3. The Hall–Kier alpha value is -1.93. The molecule has 3 rings (SSSR count). The molecule has 0 aromatic heterocycles. The summed E-state index contributed by atoms with van der Waals surface area (Å²) in [4.78, 5) is 13.8. The molecule has 0 radical (unpaired) electrons. The second-order valence-corrected chi connectivity index (χ2v) is 5.73. The molecule has 1 aliphatic rings. The number of nitrogens with zero attached hydrogens (tertiary/aromatic N) is 1. The molecular weight excluding hydrogens is 258 g/mol. The fourth-order valence-corrected chi connectivity index (χ4v) is 3.03. The summed E-state index contributed by atoms with van der Waals surface area (Å²) in [7, 11) is 0. The van der Waals surface area contributed by atoms with Crippen LogP contribution in [0.2, 0.25) is 0 Å². The molecule has 0 amide bonds. The minimum absolute atomic E-state index is 0.820. The van der Waals surface area contributed by atoms with E-state index in [0.717, 1.165) is 37.0 Å². The molecule has 2 heteroatoms. The first kappa shape index (κ1) is 14.0. The Kier molecular flexibility index (Phi) is 4.46. The quantitative estimate of drug-likeness (QED) is 0.784. The number of benzene rings is 2. The lowest BCUT2D eigenvalue weighted by Crippen LogP contribution is -2.29. The van der Waals surface area contributed by atoms with Crippen LogP contribution in [0.15, 0.2) is 48.5 Å². The Morgan fingerprint density at radius 3 is 2.38 bits per heavy atom. The lowest BCUT2D eigenvalue weighted by molar-refractivity contribution is 0.112.